The van der Waals surface area contributed by atoms with Crippen LogP contribution in [0.1, 0.15) is 188 Å². The van der Waals surface area contributed by atoms with Crippen LogP contribution in [-0.2, 0) is 27.9 Å². The van der Waals surface area contributed by atoms with Crippen LogP contribution in [-0.4, -0.2) is 69.4 Å². The highest BCUT2D eigenvalue weighted by atomic mass is 31.2. The van der Waals surface area contributed by atoms with Gasteiger partial charge in [0.15, 0.2) is 0 Å². The molecule has 0 aliphatic carbocycles. The summed E-state index contributed by atoms with van der Waals surface area (Å²) in [5.74, 6) is -0.643. The lowest BCUT2D eigenvalue weighted by Gasteiger charge is -2.30. The van der Waals surface area contributed by atoms with Crippen molar-refractivity contribution in [3.63, 3.8) is 0 Å². The Morgan fingerprint density at radius 1 is 0.521 bits per heavy atom. The molecule has 0 fully saturated rings. The van der Waals surface area contributed by atoms with Crippen LogP contribution in [0.2, 0.25) is 0 Å². The third-order valence-corrected chi connectivity index (χ3v) is 12.2. The van der Waals surface area contributed by atoms with Crippen molar-refractivity contribution in [2.45, 2.75) is 200 Å². The molecule has 1 amide bonds. The number of amides is 1. The second-order valence-electron chi connectivity index (χ2n) is 19.1. The second kappa shape index (κ2) is 49.7. The number of likely N-dealkylation sites (N-methyl/N-ethyl adjacent to an activating group) is 1. The third-order valence-electron chi connectivity index (χ3n) is 11.2. The van der Waals surface area contributed by atoms with E-state index in [9.17, 15) is 19.0 Å². The summed E-state index contributed by atoms with van der Waals surface area (Å²) < 4.78 is 30.1. The maximum Gasteiger partial charge on any atom is 0.306 e. The Morgan fingerprint density at radius 3 is 1.52 bits per heavy atom. The molecule has 402 valence electrons. The molecule has 3 atom stereocenters. The monoisotopic (exact) mass is 1000 g/mol. The average Bonchev–Trinajstić information content (AvgIpc) is 3.33. The number of phosphoric acid groups is 1. The number of nitrogens with one attached hydrogen (secondary N) is 1. The number of esters is 1. The third kappa shape index (κ3) is 50.9. The number of carbonyl (C=O) groups excluding carboxylic acids is 2. The zero-order chi connectivity index (χ0) is 52.2. The van der Waals surface area contributed by atoms with Crippen LogP contribution < -0.4 is 10.2 Å². The number of allylic oxidation sites excluding steroid dienone is 21. The quantitative estimate of drug-likeness (QED) is 0.0161. The van der Waals surface area contributed by atoms with Gasteiger partial charge in [-0.3, -0.25) is 14.2 Å². The molecule has 71 heavy (non-hydrogen) atoms. The summed E-state index contributed by atoms with van der Waals surface area (Å²) in [4.78, 5) is 39.8. The summed E-state index contributed by atoms with van der Waals surface area (Å²) in [5, 5.41) is 2.98. The summed E-state index contributed by atoms with van der Waals surface area (Å²) in [7, 11) is 1.11. The number of rotatable bonds is 47. The van der Waals surface area contributed by atoms with Crippen molar-refractivity contribution in [1.82, 2.24) is 5.32 Å². The molecule has 9 nitrogen and oxygen atoms in total. The number of unbranched alkanes of at least 4 members (excludes halogenated alkanes) is 16. The molecule has 0 aromatic heterocycles. The molecule has 0 spiro atoms. The number of ether oxygens (including phenoxy) is 1. The lowest BCUT2D eigenvalue weighted by molar-refractivity contribution is -0.870. The Morgan fingerprint density at radius 2 is 0.972 bits per heavy atom. The molecule has 10 heteroatoms. The molecular weight excluding hydrogens is 904 g/mol. The first kappa shape index (κ1) is 67.1. The fourth-order valence-corrected chi connectivity index (χ4v) is 7.74. The summed E-state index contributed by atoms with van der Waals surface area (Å²) in [6.07, 6.45) is 69.9. The normalized spacial score (nSPS) is 14.9. The van der Waals surface area contributed by atoms with Crippen LogP contribution in [0.15, 0.2) is 134 Å². The number of phosphoric ester groups is 1. The molecule has 0 rings (SSSR count). The highest BCUT2D eigenvalue weighted by molar-refractivity contribution is 7.45. The van der Waals surface area contributed by atoms with E-state index in [-0.39, 0.29) is 25.4 Å². The number of hydrogen-bond donors (Lipinski definition) is 1. The molecule has 0 aromatic carbocycles. The molecule has 0 aliphatic rings. The molecule has 0 bridgehead atoms. The average molecular weight is 1010 g/mol. The summed E-state index contributed by atoms with van der Waals surface area (Å²) in [6, 6.07) is -0.932. The Bertz CT molecular complexity index is 1680. The van der Waals surface area contributed by atoms with E-state index in [1.165, 1.54) is 51.4 Å². The number of quaternary nitrogens is 1. The Kier molecular flexibility index (Phi) is 47.0. The van der Waals surface area contributed by atoms with Crippen LogP contribution in [0.3, 0.4) is 0 Å². The lowest BCUT2D eigenvalue weighted by atomic mass is 10.1. The minimum absolute atomic E-state index is 0.0446. The molecule has 0 radical (unpaired) electrons. The summed E-state index contributed by atoms with van der Waals surface area (Å²) >= 11 is 0. The van der Waals surface area contributed by atoms with E-state index in [1.807, 2.05) is 88.0 Å². The fraction of sp³-hybridized carbons (Fsp3) is 0.607. The van der Waals surface area contributed by atoms with Crippen LogP contribution in [0, 0.1) is 0 Å². The smallest absolute Gasteiger partial charge is 0.306 e. The van der Waals surface area contributed by atoms with Crippen molar-refractivity contribution in [3.05, 3.63) is 134 Å². The number of hydrogen-bond acceptors (Lipinski definition) is 7. The van der Waals surface area contributed by atoms with Crippen LogP contribution in [0.5, 0.6) is 0 Å². The van der Waals surface area contributed by atoms with Gasteiger partial charge in [0.2, 0.25) is 5.91 Å². The fourth-order valence-electron chi connectivity index (χ4n) is 7.01. The molecule has 0 aromatic rings. The maximum atomic E-state index is 13.5. The van der Waals surface area contributed by atoms with Gasteiger partial charge in [0.1, 0.15) is 19.3 Å². The van der Waals surface area contributed by atoms with Gasteiger partial charge in [-0.15, -0.1) is 0 Å². The van der Waals surface area contributed by atoms with Crippen molar-refractivity contribution in [3.8, 4) is 0 Å². The lowest BCUT2D eigenvalue weighted by Crippen LogP contribution is -2.47. The van der Waals surface area contributed by atoms with E-state index >= 15 is 0 Å². The van der Waals surface area contributed by atoms with Crippen molar-refractivity contribution >= 4 is 19.7 Å². The van der Waals surface area contributed by atoms with Gasteiger partial charge in [-0.1, -0.05) is 219 Å². The van der Waals surface area contributed by atoms with Crippen molar-refractivity contribution < 1.29 is 37.3 Å². The first-order chi connectivity index (χ1) is 34.4. The zero-order valence-corrected chi connectivity index (χ0v) is 46.5. The highest BCUT2D eigenvalue weighted by Gasteiger charge is 2.27. The van der Waals surface area contributed by atoms with Gasteiger partial charge >= 0.3 is 5.97 Å². The minimum atomic E-state index is -4.72. The van der Waals surface area contributed by atoms with Gasteiger partial charge in [-0.25, -0.2) is 0 Å². The molecule has 0 saturated carbocycles. The molecular formula is C61H101N2O7P. The van der Waals surface area contributed by atoms with Crippen molar-refractivity contribution in [2.75, 3.05) is 40.9 Å². The van der Waals surface area contributed by atoms with E-state index in [0.29, 0.717) is 23.9 Å². The summed E-state index contributed by atoms with van der Waals surface area (Å²) in [5.41, 5.74) is 0. The zero-order valence-electron chi connectivity index (χ0n) is 45.6. The topological polar surface area (TPSA) is 114 Å². The predicted octanol–water partition coefficient (Wildman–Crippen LogP) is 15.9. The van der Waals surface area contributed by atoms with Crippen molar-refractivity contribution in [1.29, 1.82) is 0 Å². The Labute approximate surface area is 435 Å². The highest BCUT2D eigenvalue weighted by Crippen LogP contribution is 2.38. The predicted molar refractivity (Wildman–Crippen MR) is 302 cm³/mol. The van der Waals surface area contributed by atoms with Gasteiger partial charge in [0.05, 0.1) is 33.8 Å². The SMILES string of the molecule is CC\C=C/C=C/C=C/C=C\C=C\C=C\CCCCCC(=O)OC(/C=C/CCCCCCCCCCCC)C(COP(=O)([O-])OCC[N+](C)(C)C)NC(=O)CCCCC/C=C/C/C=C/C/C=C/C/C=C/CC. The number of nitrogens with zero attached hydrogens (tertiary/aromatic N) is 1. The first-order valence-electron chi connectivity index (χ1n) is 27.6. The first-order valence-corrected chi connectivity index (χ1v) is 29.0. The van der Waals surface area contributed by atoms with Crippen LogP contribution in [0.25, 0.3) is 0 Å². The largest absolute Gasteiger partial charge is 0.756 e. The standard InChI is InChI=1S/C61H101N2O7P/c1-7-10-13-16-19-22-25-28-30-32-34-36-39-42-45-48-51-54-61(65)70-59(52-49-46-43-40-37-27-24-21-18-15-12-9-3)58(57-69-71(66,67)68-56-55-63(4,5)6)62-60(64)53-50-47-44-41-38-35-33-31-29-26-23-20-17-14-11-8-2/h10-11,13-14,16,19-20,22-23,25,28-32,34-36,38-39,49,52,58-59H,7-9,12,15,17-18,21,24,26-27,33,37,40-48,50-51,53-57H2,1-6H3,(H-,62,64,66,67)/b13-10-,14-11+,19-16+,23-20+,25-22+,30-28-,31-29+,34-32+,38-35+,39-36+,52-49+. The van der Waals surface area contributed by atoms with Gasteiger partial charge in [0.25, 0.3) is 7.82 Å². The van der Waals surface area contributed by atoms with E-state index < -0.39 is 32.5 Å². The van der Waals surface area contributed by atoms with Gasteiger partial charge in [-0.05, 0) is 89.5 Å². The minimum Gasteiger partial charge on any atom is -0.756 e. The molecule has 0 saturated heterocycles. The van der Waals surface area contributed by atoms with E-state index in [2.05, 4.69) is 86.8 Å². The Hall–Kier alpha value is -3.85. The number of carbonyl (C=O) groups is 2. The molecule has 1 N–H and O–H groups in total. The van der Waals surface area contributed by atoms with Gasteiger partial charge in [0, 0.05) is 12.8 Å². The van der Waals surface area contributed by atoms with Gasteiger partial charge in [-0.2, -0.15) is 0 Å². The second-order valence-corrected chi connectivity index (χ2v) is 20.5. The molecule has 0 aliphatic heterocycles. The van der Waals surface area contributed by atoms with Gasteiger partial charge < -0.3 is 28.5 Å². The molecule has 3 unspecified atom stereocenters. The van der Waals surface area contributed by atoms with E-state index in [1.54, 1.807) is 6.08 Å². The Balaban J connectivity index is 5.55. The summed E-state index contributed by atoms with van der Waals surface area (Å²) in [6.45, 7) is 6.48. The molecule has 0 heterocycles. The maximum absolute atomic E-state index is 13.5. The van der Waals surface area contributed by atoms with Crippen molar-refractivity contribution in [2.24, 2.45) is 0 Å². The van der Waals surface area contributed by atoms with E-state index in [0.717, 1.165) is 89.9 Å². The van der Waals surface area contributed by atoms with E-state index in [4.69, 9.17) is 13.8 Å². The van der Waals surface area contributed by atoms with Crippen LogP contribution in [0.4, 0.5) is 0 Å². The van der Waals surface area contributed by atoms with Crippen LogP contribution >= 0.6 is 7.82 Å².